The van der Waals surface area contributed by atoms with E-state index >= 15 is 0 Å². The Balaban J connectivity index is 2.95. The molecule has 0 fully saturated rings. The van der Waals surface area contributed by atoms with Crippen molar-refractivity contribution >= 4 is 40.7 Å². The van der Waals surface area contributed by atoms with E-state index in [0.717, 1.165) is 6.42 Å². The van der Waals surface area contributed by atoms with Gasteiger partial charge in [0.1, 0.15) is 0 Å². The molecule has 0 bridgehead atoms. The van der Waals surface area contributed by atoms with E-state index in [0.29, 0.717) is 34.6 Å². The van der Waals surface area contributed by atoms with Crippen LogP contribution in [0.1, 0.15) is 23.7 Å². The van der Waals surface area contributed by atoms with Crippen molar-refractivity contribution in [1.29, 1.82) is 0 Å². The number of halogens is 3. The third kappa shape index (κ3) is 4.06. The number of carbonyl (C=O) groups excluding carboxylic acids is 1. The number of hydrogen-bond acceptors (Lipinski definition) is 1. The highest BCUT2D eigenvalue weighted by Gasteiger charge is 2.17. The number of hydrogen-bond donors (Lipinski definition) is 0. The Bertz CT molecular complexity index is 389. The molecule has 2 nitrogen and oxygen atoms in total. The predicted octanol–water partition coefficient (Wildman–Crippen LogP) is 4.08. The van der Waals surface area contributed by atoms with Gasteiger partial charge in [-0.25, -0.2) is 0 Å². The molecule has 0 aliphatic heterocycles. The number of alkyl halides is 1. The lowest BCUT2D eigenvalue weighted by atomic mass is 10.2. The fourth-order valence-electron chi connectivity index (χ4n) is 1.52. The summed E-state index contributed by atoms with van der Waals surface area (Å²) in [5.74, 6) is 0.282. The van der Waals surface area contributed by atoms with Gasteiger partial charge in [-0.05, 0) is 24.6 Å². The Morgan fingerprint density at radius 2 is 2.00 bits per heavy atom. The SMILES string of the molecule is CCCN(CCCl)C(=O)c1cc(Cl)ccc1Cl. The van der Waals surface area contributed by atoms with Gasteiger partial charge < -0.3 is 4.90 Å². The Hall–Kier alpha value is -0.440. The number of carbonyl (C=O) groups is 1. The molecule has 94 valence electrons. The van der Waals surface area contributed by atoms with E-state index in [1.807, 2.05) is 6.92 Å². The number of benzene rings is 1. The second kappa shape index (κ2) is 7.10. The Kier molecular flexibility index (Phi) is 6.10. The van der Waals surface area contributed by atoms with Crippen molar-refractivity contribution in [1.82, 2.24) is 4.90 Å². The lowest BCUT2D eigenvalue weighted by Crippen LogP contribution is -2.33. The minimum absolute atomic E-state index is 0.125. The van der Waals surface area contributed by atoms with Crippen LogP contribution in [0, 0.1) is 0 Å². The first-order valence-electron chi connectivity index (χ1n) is 5.40. The molecule has 0 saturated heterocycles. The molecular formula is C12H14Cl3NO. The summed E-state index contributed by atoms with van der Waals surface area (Å²) < 4.78 is 0. The van der Waals surface area contributed by atoms with Crippen molar-refractivity contribution in [3.05, 3.63) is 33.8 Å². The van der Waals surface area contributed by atoms with Crippen LogP contribution < -0.4 is 0 Å². The minimum atomic E-state index is -0.125. The van der Waals surface area contributed by atoms with Crippen LogP contribution in [0.3, 0.4) is 0 Å². The lowest BCUT2D eigenvalue weighted by molar-refractivity contribution is 0.0765. The van der Waals surface area contributed by atoms with E-state index in [-0.39, 0.29) is 5.91 Å². The van der Waals surface area contributed by atoms with Gasteiger partial charge >= 0.3 is 0 Å². The van der Waals surface area contributed by atoms with E-state index < -0.39 is 0 Å². The van der Waals surface area contributed by atoms with Gasteiger partial charge in [0, 0.05) is 24.0 Å². The molecule has 5 heteroatoms. The van der Waals surface area contributed by atoms with Gasteiger partial charge in [0.15, 0.2) is 0 Å². The van der Waals surface area contributed by atoms with Crippen LogP contribution in [0.2, 0.25) is 10.0 Å². The summed E-state index contributed by atoms with van der Waals surface area (Å²) in [4.78, 5) is 13.9. The molecule has 0 unspecified atom stereocenters. The van der Waals surface area contributed by atoms with Crippen LogP contribution in [0.25, 0.3) is 0 Å². The summed E-state index contributed by atoms with van der Waals surface area (Å²) in [6, 6.07) is 4.87. The largest absolute Gasteiger partial charge is 0.337 e. The van der Waals surface area contributed by atoms with Gasteiger partial charge in [0.2, 0.25) is 0 Å². The molecular weight excluding hydrogens is 280 g/mol. The third-order valence-corrected chi connectivity index (χ3v) is 3.03. The van der Waals surface area contributed by atoms with E-state index in [2.05, 4.69) is 0 Å². The van der Waals surface area contributed by atoms with Crippen molar-refractivity contribution in [3.8, 4) is 0 Å². The molecule has 0 atom stereocenters. The molecule has 0 spiro atoms. The highest BCUT2D eigenvalue weighted by Crippen LogP contribution is 2.22. The van der Waals surface area contributed by atoms with Crippen molar-refractivity contribution in [3.63, 3.8) is 0 Å². The summed E-state index contributed by atoms with van der Waals surface area (Å²) in [5, 5.41) is 0.912. The first-order chi connectivity index (χ1) is 8.10. The van der Waals surface area contributed by atoms with Crippen LogP contribution in [-0.4, -0.2) is 29.8 Å². The first-order valence-corrected chi connectivity index (χ1v) is 6.69. The van der Waals surface area contributed by atoms with Gasteiger partial charge in [-0.15, -0.1) is 11.6 Å². The highest BCUT2D eigenvalue weighted by atomic mass is 35.5. The molecule has 0 N–H and O–H groups in total. The van der Waals surface area contributed by atoms with E-state index in [4.69, 9.17) is 34.8 Å². The van der Waals surface area contributed by atoms with Gasteiger partial charge in [-0.3, -0.25) is 4.79 Å². The number of nitrogens with zero attached hydrogens (tertiary/aromatic N) is 1. The third-order valence-electron chi connectivity index (χ3n) is 2.29. The average molecular weight is 295 g/mol. The van der Waals surface area contributed by atoms with Gasteiger partial charge in [0.05, 0.1) is 10.6 Å². The summed E-state index contributed by atoms with van der Waals surface area (Å²) in [6.07, 6.45) is 0.876. The average Bonchev–Trinajstić information content (AvgIpc) is 2.31. The smallest absolute Gasteiger partial charge is 0.255 e. The zero-order chi connectivity index (χ0) is 12.8. The summed E-state index contributed by atoms with van der Waals surface area (Å²) in [5.41, 5.74) is 0.428. The van der Waals surface area contributed by atoms with E-state index in [1.54, 1.807) is 23.1 Å². The maximum atomic E-state index is 12.2. The van der Waals surface area contributed by atoms with Gasteiger partial charge in [-0.1, -0.05) is 30.1 Å². The zero-order valence-corrected chi connectivity index (χ0v) is 11.8. The molecule has 1 rings (SSSR count). The van der Waals surface area contributed by atoms with Crippen molar-refractivity contribution in [2.45, 2.75) is 13.3 Å². The van der Waals surface area contributed by atoms with Crippen LogP contribution >= 0.6 is 34.8 Å². The minimum Gasteiger partial charge on any atom is -0.337 e. The van der Waals surface area contributed by atoms with Crippen LogP contribution in [-0.2, 0) is 0 Å². The maximum absolute atomic E-state index is 12.2. The normalized spacial score (nSPS) is 10.4. The Morgan fingerprint density at radius 3 is 2.59 bits per heavy atom. The van der Waals surface area contributed by atoms with E-state index in [1.165, 1.54) is 0 Å². The molecule has 0 heterocycles. The summed E-state index contributed by atoms with van der Waals surface area (Å²) in [6.45, 7) is 3.18. The second-order valence-electron chi connectivity index (χ2n) is 3.61. The summed E-state index contributed by atoms with van der Waals surface area (Å²) >= 11 is 17.5. The van der Waals surface area contributed by atoms with Gasteiger partial charge in [-0.2, -0.15) is 0 Å². The molecule has 1 amide bonds. The summed E-state index contributed by atoms with van der Waals surface area (Å²) in [7, 11) is 0. The highest BCUT2D eigenvalue weighted by molar-refractivity contribution is 6.35. The van der Waals surface area contributed by atoms with Gasteiger partial charge in [0.25, 0.3) is 5.91 Å². The number of amides is 1. The van der Waals surface area contributed by atoms with Crippen LogP contribution in [0.4, 0.5) is 0 Å². The zero-order valence-electron chi connectivity index (χ0n) is 9.55. The molecule has 0 saturated carbocycles. The van der Waals surface area contributed by atoms with Crippen molar-refractivity contribution < 1.29 is 4.79 Å². The van der Waals surface area contributed by atoms with Crippen molar-refractivity contribution in [2.24, 2.45) is 0 Å². The first kappa shape index (κ1) is 14.6. The fourth-order valence-corrected chi connectivity index (χ4v) is 2.09. The number of rotatable bonds is 5. The lowest BCUT2D eigenvalue weighted by Gasteiger charge is -2.21. The van der Waals surface area contributed by atoms with Crippen LogP contribution in [0.15, 0.2) is 18.2 Å². The Labute approximate surface area is 116 Å². The van der Waals surface area contributed by atoms with Crippen molar-refractivity contribution in [2.75, 3.05) is 19.0 Å². The Morgan fingerprint density at radius 1 is 1.29 bits per heavy atom. The standard InChI is InChI=1S/C12H14Cl3NO/c1-2-6-16(7-5-13)12(17)10-8-9(14)3-4-11(10)15/h3-4,8H,2,5-7H2,1H3. The molecule has 0 aliphatic rings. The molecule has 0 radical (unpaired) electrons. The second-order valence-corrected chi connectivity index (χ2v) is 4.83. The molecule has 0 aromatic heterocycles. The fraction of sp³-hybridized carbons (Fsp3) is 0.417. The molecule has 17 heavy (non-hydrogen) atoms. The molecule has 1 aromatic carbocycles. The van der Waals surface area contributed by atoms with Crippen LogP contribution in [0.5, 0.6) is 0 Å². The quantitative estimate of drug-likeness (QED) is 0.749. The molecule has 0 aliphatic carbocycles. The van der Waals surface area contributed by atoms with E-state index in [9.17, 15) is 4.79 Å². The predicted molar refractivity (Wildman–Crippen MR) is 73.4 cm³/mol. The monoisotopic (exact) mass is 293 g/mol. The maximum Gasteiger partial charge on any atom is 0.255 e. The topological polar surface area (TPSA) is 20.3 Å². The molecule has 1 aromatic rings.